The number of aromatic nitrogens is 1. The largest absolute Gasteiger partial charge is 0.488 e. The molecule has 2 aromatic carbocycles. The van der Waals surface area contributed by atoms with E-state index in [0.717, 1.165) is 22.0 Å². The Morgan fingerprint density at radius 3 is 2.71 bits per heavy atom. The molecule has 0 radical (unpaired) electrons. The fraction of sp³-hybridized carbons (Fsp3) is 0.300. The zero-order valence-electron chi connectivity index (χ0n) is 15.9. The van der Waals surface area contributed by atoms with Gasteiger partial charge in [-0.2, -0.15) is 0 Å². The molecule has 0 aliphatic carbocycles. The molecule has 0 saturated carbocycles. The zero-order chi connectivity index (χ0) is 20.5. The van der Waals surface area contributed by atoms with E-state index < -0.39 is 27.8 Å². The predicted molar refractivity (Wildman–Crippen MR) is 105 cm³/mol. The zero-order valence-corrected chi connectivity index (χ0v) is 15.9. The summed E-state index contributed by atoms with van der Waals surface area (Å²) in [7, 11) is 1.20. The highest BCUT2D eigenvalue weighted by molar-refractivity contribution is 5.86. The predicted octanol–water partition coefficient (Wildman–Crippen LogP) is 4.11. The van der Waals surface area contributed by atoms with Crippen molar-refractivity contribution in [1.29, 1.82) is 0 Å². The molecule has 0 fully saturated rings. The lowest BCUT2D eigenvalue weighted by atomic mass is 9.95. The first-order valence-corrected chi connectivity index (χ1v) is 8.80. The molecule has 28 heavy (non-hydrogen) atoms. The summed E-state index contributed by atoms with van der Waals surface area (Å²) in [6.45, 7) is 3.88. The molecule has 0 amide bonds. The van der Waals surface area contributed by atoms with E-state index in [4.69, 9.17) is 4.74 Å². The molecule has 0 saturated heterocycles. The fourth-order valence-electron chi connectivity index (χ4n) is 3.28. The molecular formula is C20H22FN3O4. The van der Waals surface area contributed by atoms with Crippen LogP contribution in [0.1, 0.15) is 25.0 Å². The van der Waals surface area contributed by atoms with Crippen molar-refractivity contribution >= 4 is 22.3 Å². The molecule has 3 aromatic rings. The number of nitrogens with one attached hydrogen (secondary N) is 2. The van der Waals surface area contributed by atoms with Crippen LogP contribution in [0.4, 0.5) is 15.8 Å². The van der Waals surface area contributed by atoms with E-state index in [-0.39, 0.29) is 5.69 Å². The standard InChI is InChI=1S/C20H22FN3O4/c1-20(2,25)14-6-4-5-13-12(11-23-18(13)14)9-10-22-15-7-8-16(24(26)27)19(28-3)17(15)21/h4-8,11,22-23,25H,9-10H2,1-3H3. The first-order valence-electron chi connectivity index (χ1n) is 8.80. The number of nitrogens with zero attached hydrogens (tertiary/aromatic N) is 1. The number of para-hydroxylation sites is 1. The highest BCUT2D eigenvalue weighted by atomic mass is 19.1. The minimum Gasteiger partial charge on any atom is -0.488 e. The summed E-state index contributed by atoms with van der Waals surface area (Å²) in [5, 5.41) is 25.2. The second-order valence-corrected chi connectivity index (χ2v) is 7.01. The number of hydrogen-bond acceptors (Lipinski definition) is 5. The van der Waals surface area contributed by atoms with E-state index >= 15 is 0 Å². The van der Waals surface area contributed by atoms with Gasteiger partial charge < -0.3 is 20.1 Å². The highest BCUT2D eigenvalue weighted by Crippen LogP contribution is 2.34. The van der Waals surface area contributed by atoms with E-state index in [1.54, 1.807) is 13.8 Å². The number of anilines is 1. The van der Waals surface area contributed by atoms with Gasteiger partial charge in [0.2, 0.25) is 5.75 Å². The van der Waals surface area contributed by atoms with E-state index in [1.165, 1.54) is 19.2 Å². The van der Waals surface area contributed by atoms with Gasteiger partial charge in [-0.3, -0.25) is 10.1 Å². The first kappa shape index (κ1) is 19.6. The van der Waals surface area contributed by atoms with Crippen LogP contribution in [-0.2, 0) is 12.0 Å². The maximum Gasteiger partial charge on any atom is 0.314 e. The summed E-state index contributed by atoms with van der Waals surface area (Å²) in [5.74, 6) is -1.18. The van der Waals surface area contributed by atoms with Crippen molar-refractivity contribution in [2.45, 2.75) is 25.9 Å². The van der Waals surface area contributed by atoms with Gasteiger partial charge in [0.1, 0.15) is 0 Å². The third-order valence-electron chi connectivity index (χ3n) is 4.65. The van der Waals surface area contributed by atoms with Crippen LogP contribution < -0.4 is 10.1 Å². The summed E-state index contributed by atoms with van der Waals surface area (Å²) in [6.07, 6.45) is 2.46. The number of aliphatic hydroxyl groups is 1. The average molecular weight is 387 g/mol. The molecule has 3 N–H and O–H groups in total. The topological polar surface area (TPSA) is 100 Å². The monoisotopic (exact) mass is 387 g/mol. The molecule has 0 aliphatic heterocycles. The van der Waals surface area contributed by atoms with Crippen LogP contribution in [0.3, 0.4) is 0 Å². The van der Waals surface area contributed by atoms with Crippen molar-refractivity contribution in [2.24, 2.45) is 0 Å². The Morgan fingerprint density at radius 1 is 1.32 bits per heavy atom. The molecule has 0 spiro atoms. The van der Waals surface area contributed by atoms with Gasteiger partial charge in [-0.05, 0) is 31.9 Å². The van der Waals surface area contributed by atoms with Crippen LogP contribution in [0.25, 0.3) is 10.9 Å². The smallest absolute Gasteiger partial charge is 0.314 e. The van der Waals surface area contributed by atoms with Gasteiger partial charge in [-0.15, -0.1) is 0 Å². The molecule has 8 heteroatoms. The summed E-state index contributed by atoms with van der Waals surface area (Å²) >= 11 is 0. The second-order valence-electron chi connectivity index (χ2n) is 7.01. The Kier molecular flexibility index (Phi) is 5.24. The number of nitro benzene ring substituents is 1. The Bertz CT molecular complexity index is 1020. The van der Waals surface area contributed by atoms with Gasteiger partial charge in [-0.25, -0.2) is 4.39 Å². The molecule has 0 atom stereocenters. The number of H-pyrrole nitrogens is 1. The number of aromatic amines is 1. The van der Waals surface area contributed by atoms with Crippen LogP contribution in [0.2, 0.25) is 0 Å². The van der Waals surface area contributed by atoms with Crippen molar-refractivity contribution < 1.29 is 19.2 Å². The third-order valence-corrected chi connectivity index (χ3v) is 4.65. The Morgan fingerprint density at radius 2 is 2.07 bits per heavy atom. The number of fused-ring (bicyclic) bond motifs is 1. The van der Waals surface area contributed by atoms with Crippen LogP contribution in [0.5, 0.6) is 5.75 Å². The number of hydrogen-bond donors (Lipinski definition) is 3. The number of benzene rings is 2. The molecule has 3 rings (SSSR count). The van der Waals surface area contributed by atoms with E-state index in [2.05, 4.69) is 10.3 Å². The molecule has 148 valence electrons. The SMILES string of the molecule is COc1c([N+](=O)[O-])ccc(NCCc2c[nH]c3c(C(C)(C)O)cccc23)c1F. The van der Waals surface area contributed by atoms with Crippen molar-refractivity contribution in [3.63, 3.8) is 0 Å². The van der Waals surface area contributed by atoms with Crippen molar-refractivity contribution in [3.05, 3.63) is 63.6 Å². The first-order chi connectivity index (χ1) is 13.2. The summed E-state index contributed by atoms with van der Waals surface area (Å²) < 4.78 is 19.3. The maximum atomic E-state index is 14.5. The number of nitro groups is 1. The second kappa shape index (κ2) is 7.47. The molecule has 0 bridgehead atoms. The van der Waals surface area contributed by atoms with E-state index in [0.29, 0.717) is 13.0 Å². The summed E-state index contributed by atoms with van der Waals surface area (Å²) in [6, 6.07) is 8.27. The Balaban J connectivity index is 1.79. The minimum absolute atomic E-state index is 0.138. The quantitative estimate of drug-likeness (QED) is 0.418. The molecule has 1 heterocycles. The van der Waals surface area contributed by atoms with E-state index in [1.807, 2.05) is 24.4 Å². The number of ether oxygens (including phenoxy) is 1. The number of halogens is 1. The lowest BCUT2D eigenvalue weighted by molar-refractivity contribution is -0.386. The summed E-state index contributed by atoms with van der Waals surface area (Å²) in [5.41, 5.74) is 1.44. The van der Waals surface area contributed by atoms with Gasteiger partial charge in [0, 0.05) is 29.8 Å². The minimum atomic E-state index is -0.974. The van der Waals surface area contributed by atoms with Gasteiger partial charge in [0.15, 0.2) is 5.82 Å². The van der Waals surface area contributed by atoms with Gasteiger partial charge in [0.25, 0.3) is 0 Å². The molecular weight excluding hydrogens is 365 g/mol. The van der Waals surface area contributed by atoms with Gasteiger partial charge in [-0.1, -0.05) is 18.2 Å². The molecule has 7 nitrogen and oxygen atoms in total. The lowest BCUT2D eigenvalue weighted by Crippen LogP contribution is -2.15. The van der Waals surface area contributed by atoms with Gasteiger partial charge in [0.05, 0.1) is 28.8 Å². The van der Waals surface area contributed by atoms with Crippen LogP contribution >= 0.6 is 0 Å². The average Bonchev–Trinajstić information content (AvgIpc) is 3.05. The molecule has 0 aliphatic rings. The molecule has 1 aromatic heterocycles. The molecule has 0 unspecified atom stereocenters. The van der Waals surface area contributed by atoms with Crippen molar-refractivity contribution in [3.8, 4) is 5.75 Å². The van der Waals surface area contributed by atoms with Gasteiger partial charge >= 0.3 is 5.69 Å². The van der Waals surface area contributed by atoms with E-state index in [9.17, 15) is 19.6 Å². The Labute approximate surface area is 161 Å². The summed E-state index contributed by atoms with van der Waals surface area (Å²) in [4.78, 5) is 13.5. The van der Waals surface area contributed by atoms with Crippen LogP contribution in [0, 0.1) is 15.9 Å². The fourth-order valence-corrected chi connectivity index (χ4v) is 3.28. The maximum absolute atomic E-state index is 14.5. The number of rotatable bonds is 7. The van der Waals surface area contributed by atoms with Crippen LogP contribution in [0.15, 0.2) is 36.5 Å². The normalized spacial score (nSPS) is 11.6. The van der Waals surface area contributed by atoms with Crippen LogP contribution in [-0.4, -0.2) is 28.7 Å². The third kappa shape index (κ3) is 3.63. The lowest BCUT2D eigenvalue weighted by Gasteiger charge is -2.18. The highest BCUT2D eigenvalue weighted by Gasteiger charge is 2.22. The van der Waals surface area contributed by atoms with Crippen molar-refractivity contribution in [1.82, 2.24) is 4.98 Å². The Hall–Kier alpha value is -3.13. The van der Waals surface area contributed by atoms with Crippen molar-refractivity contribution in [2.75, 3.05) is 19.0 Å². The number of methoxy groups -OCH3 is 1.